The molecular weight excluding hydrogens is 344 g/mol. The van der Waals surface area contributed by atoms with Crippen LogP contribution in [-0.4, -0.2) is 28.5 Å². The summed E-state index contributed by atoms with van der Waals surface area (Å²) >= 11 is 3.11. The molecule has 0 saturated carbocycles. The summed E-state index contributed by atoms with van der Waals surface area (Å²) in [5.74, 6) is -1.56. The van der Waals surface area contributed by atoms with Gasteiger partial charge in [-0.15, -0.1) is 0 Å². The van der Waals surface area contributed by atoms with Crippen LogP contribution in [0.25, 0.3) is 0 Å². The van der Waals surface area contributed by atoms with E-state index in [0.717, 1.165) is 0 Å². The zero-order valence-corrected chi connectivity index (χ0v) is 12.9. The van der Waals surface area contributed by atoms with Crippen molar-refractivity contribution in [2.24, 2.45) is 5.92 Å². The topological polar surface area (TPSA) is 110 Å². The van der Waals surface area contributed by atoms with Crippen molar-refractivity contribution >= 4 is 33.5 Å². The molecule has 0 bridgehead atoms. The van der Waals surface area contributed by atoms with E-state index >= 15 is 0 Å². The standard InChI is InChI=1S/C13H15BrN2O5/c1-2-8(3-12(17)18)7-15-13(19)9-4-10(14)6-11(5-9)16(20)21/h4-6,8H,2-3,7H2,1H3,(H,15,19)(H,17,18). The van der Waals surface area contributed by atoms with E-state index in [4.69, 9.17) is 5.11 Å². The van der Waals surface area contributed by atoms with Gasteiger partial charge in [0.15, 0.2) is 0 Å². The molecule has 7 nitrogen and oxygen atoms in total. The number of nitro benzene ring substituents is 1. The summed E-state index contributed by atoms with van der Waals surface area (Å²) in [7, 11) is 0. The maximum Gasteiger partial charge on any atom is 0.303 e. The molecule has 0 fully saturated rings. The van der Waals surface area contributed by atoms with Crippen LogP contribution in [0.5, 0.6) is 0 Å². The van der Waals surface area contributed by atoms with Crippen LogP contribution >= 0.6 is 15.9 Å². The third kappa shape index (κ3) is 5.50. The number of carbonyl (C=O) groups excluding carboxylic acids is 1. The molecule has 0 saturated heterocycles. The van der Waals surface area contributed by atoms with Crippen LogP contribution in [0.2, 0.25) is 0 Å². The number of benzene rings is 1. The molecule has 1 unspecified atom stereocenters. The summed E-state index contributed by atoms with van der Waals surface area (Å²) in [5.41, 5.74) is -0.0339. The molecule has 1 aromatic carbocycles. The number of rotatable bonds is 7. The van der Waals surface area contributed by atoms with Gasteiger partial charge in [0.05, 0.1) is 4.92 Å². The number of carboxylic acid groups (broad SMARTS) is 1. The molecule has 1 atom stereocenters. The fourth-order valence-corrected chi connectivity index (χ4v) is 2.24. The minimum absolute atomic E-state index is 0.0323. The van der Waals surface area contributed by atoms with Crippen molar-refractivity contribution in [3.63, 3.8) is 0 Å². The summed E-state index contributed by atoms with van der Waals surface area (Å²) < 4.78 is 0.430. The Kier molecular flexibility index (Phi) is 6.29. The number of carboxylic acids is 1. The number of nitrogens with one attached hydrogen (secondary N) is 1. The highest BCUT2D eigenvalue weighted by molar-refractivity contribution is 9.10. The van der Waals surface area contributed by atoms with Gasteiger partial charge in [0.25, 0.3) is 11.6 Å². The van der Waals surface area contributed by atoms with Gasteiger partial charge >= 0.3 is 5.97 Å². The second kappa shape index (κ2) is 7.72. The number of hydrogen-bond donors (Lipinski definition) is 2. The molecule has 0 aromatic heterocycles. The van der Waals surface area contributed by atoms with Crippen molar-refractivity contribution in [1.82, 2.24) is 5.32 Å². The Morgan fingerprint density at radius 3 is 2.62 bits per heavy atom. The van der Waals surface area contributed by atoms with E-state index in [-0.39, 0.29) is 30.1 Å². The molecule has 0 radical (unpaired) electrons. The molecule has 0 aliphatic rings. The zero-order chi connectivity index (χ0) is 16.0. The highest BCUT2D eigenvalue weighted by atomic mass is 79.9. The highest BCUT2D eigenvalue weighted by Crippen LogP contribution is 2.21. The average molecular weight is 359 g/mol. The molecular formula is C13H15BrN2O5. The first kappa shape index (κ1) is 17.1. The predicted octanol–water partition coefficient (Wildman–Crippen LogP) is 2.59. The van der Waals surface area contributed by atoms with Gasteiger partial charge in [0, 0.05) is 35.1 Å². The zero-order valence-electron chi connectivity index (χ0n) is 11.3. The molecule has 2 N–H and O–H groups in total. The lowest BCUT2D eigenvalue weighted by molar-refractivity contribution is -0.385. The molecule has 21 heavy (non-hydrogen) atoms. The maximum absolute atomic E-state index is 12.0. The van der Waals surface area contributed by atoms with E-state index in [1.807, 2.05) is 6.92 Å². The van der Waals surface area contributed by atoms with E-state index < -0.39 is 16.8 Å². The normalized spacial score (nSPS) is 11.7. The summed E-state index contributed by atoms with van der Waals surface area (Å²) in [6.45, 7) is 2.05. The smallest absolute Gasteiger partial charge is 0.303 e. The van der Waals surface area contributed by atoms with E-state index in [2.05, 4.69) is 21.2 Å². The Balaban J connectivity index is 2.75. The van der Waals surface area contributed by atoms with Crippen LogP contribution in [0.4, 0.5) is 5.69 Å². The molecule has 0 aliphatic heterocycles. The van der Waals surface area contributed by atoms with Crippen LogP contribution in [0, 0.1) is 16.0 Å². The molecule has 0 spiro atoms. The number of nitro groups is 1. The van der Waals surface area contributed by atoms with E-state index in [1.165, 1.54) is 18.2 Å². The van der Waals surface area contributed by atoms with Crippen LogP contribution in [-0.2, 0) is 4.79 Å². The Hall–Kier alpha value is -1.96. The number of non-ortho nitro benzene ring substituents is 1. The fraction of sp³-hybridized carbons (Fsp3) is 0.385. The number of aliphatic carboxylic acids is 1. The largest absolute Gasteiger partial charge is 0.481 e. The second-order valence-electron chi connectivity index (χ2n) is 4.54. The molecule has 8 heteroatoms. The van der Waals surface area contributed by atoms with Crippen molar-refractivity contribution < 1.29 is 19.6 Å². The first-order valence-corrected chi connectivity index (χ1v) is 7.07. The molecule has 1 aromatic rings. The van der Waals surface area contributed by atoms with Gasteiger partial charge in [-0.25, -0.2) is 0 Å². The van der Waals surface area contributed by atoms with Crippen molar-refractivity contribution in [2.75, 3.05) is 6.54 Å². The van der Waals surface area contributed by atoms with Crippen LogP contribution in [0.1, 0.15) is 30.1 Å². The lowest BCUT2D eigenvalue weighted by atomic mass is 10.0. The Labute approximate surface area is 129 Å². The quantitative estimate of drug-likeness (QED) is 0.574. The summed E-state index contributed by atoms with van der Waals surface area (Å²) in [4.78, 5) is 32.8. The summed E-state index contributed by atoms with van der Waals surface area (Å²) in [5, 5.41) is 22.1. The summed E-state index contributed by atoms with van der Waals surface area (Å²) in [6.07, 6.45) is 0.584. The van der Waals surface area contributed by atoms with Gasteiger partial charge in [0.1, 0.15) is 0 Å². The Morgan fingerprint density at radius 1 is 1.43 bits per heavy atom. The summed E-state index contributed by atoms with van der Waals surface area (Å²) in [6, 6.07) is 3.95. The molecule has 0 heterocycles. The molecule has 0 aliphatic carbocycles. The second-order valence-corrected chi connectivity index (χ2v) is 5.45. The van der Waals surface area contributed by atoms with Crippen molar-refractivity contribution in [3.8, 4) is 0 Å². The van der Waals surface area contributed by atoms with Gasteiger partial charge in [0.2, 0.25) is 0 Å². The molecule has 1 amide bonds. The predicted molar refractivity (Wildman–Crippen MR) is 79.2 cm³/mol. The van der Waals surface area contributed by atoms with Crippen molar-refractivity contribution in [1.29, 1.82) is 0 Å². The first-order chi connectivity index (χ1) is 9.83. The van der Waals surface area contributed by atoms with Crippen LogP contribution < -0.4 is 5.32 Å². The maximum atomic E-state index is 12.0. The Morgan fingerprint density at radius 2 is 2.10 bits per heavy atom. The fourth-order valence-electron chi connectivity index (χ4n) is 1.76. The number of hydrogen-bond acceptors (Lipinski definition) is 4. The van der Waals surface area contributed by atoms with Gasteiger partial charge in [-0.05, 0) is 12.0 Å². The average Bonchev–Trinajstić information content (AvgIpc) is 2.41. The third-order valence-corrected chi connectivity index (χ3v) is 3.41. The van der Waals surface area contributed by atoms with E-state index in [1.54, 1.807) is 0 Å². The van der Waals surface area contributed by atoms with E-state index in [9.17, 15) is 19.7 Å². The molecule has 114 valence electrons. The SMILES string of the molecule is CCC(CNC(=O)c1cc(Br)cc([N+](=O)[O-])c1)CC(=O)O. The van der Waals surface area contributed by atoms with Gasteiger partial charge in [-0.2, -0.15) is 0 Å². The number of carbonyl (C=O) groups is 2. The lowest BCUT2D eigenvalue weighted by Crippen LogP contribution is -2.30. The van der Waals surface area contributed by atoms with Crippen molar-refractivity contribution in [2.45, 2.75) is 19.8 Å². The van der Waals surface area contributed by atoms with Gasteiger partial charge in [-0.3, -0.25) is 19.7 Å². The number of amides is 1. The Bertz CT molecular complexity index is 561. The van der Waals surface area contributed by atoms with Crippen LogP contribution in [0.15, 0.2) is 22.7 Å². The van der Waals surface area contributed by atoms with E-state index in [0.29, 0.717) is 10.9 Å². The number of halogens is 1. The van der Waals surface area contributed by atoms with Crippen molar-refractivity contribution in [3.05, 3.63) is 38.3 Å². The van der Waals surface area contributed by atoms with Gasteiger partial charge < -0.3 is 10.4 Å². The monoisotopic (exact) mass is 358 g/mol. The van der Waals surface area contributed by atoms with Crippen LogP contribution in [0.3, 0.4) is 0 Å². The minimum Gasteiger partial charge on any atom is -0.481 e. The highest BCUT2D eigenvalue weighted by Gasteiger charge is 2.16. The number of nitrogens with zero attached hydrogens (tertiary/aromatic N) is 1. The minimum atomic E-state index is -0.922. The molecule has 1 rings (SSSR count). The van der Waals surface area contributed by atoms with Gasteiger partial charge in [-0.1, -0.05) is 29.3 Å². The lowest BCUT2D eigenvalue weighted by Gasteiger charge is -2.13. The third-order valence-electron chi connectivity index (χ3n) is 2.95. The first-order valence-electron chi connectivity index (χ1n) is 6.28.